The van der Waals surface area contributed by atoms with Crippen LogP contribution in [0.1, 0.15) is 51.7 Å². The van der Waals surface area contributed by atoms with Gasteiger partial charge in [0.1, 0.15) is 17.2 Å². The second kappa shape index (κ2) is 7.17. The van der Waals surface area contributed by atoms with Gasteiger partial charge in [-0.15, -0.1) is 0 Å². The molecule has 0 unspecified atom stereocenters. The number of benzene rings is 1. The predicted molar refractivity (Wildman–Crippen MR) is 106 cm³/mol. The lowest BCUT2D eigenvalue weighted by Crippen LogP contribution is -2.26. The number of pyridine rings is 1. The maximum atomic E-state index is 13.3. The Morgan fingerprint density at radius 3 is 2.57 bits per heavy atom. The van der Waals surface area contributed by atoms with Crippen molar-refractivity contribution in [1.29, 1.82) is 5.26 Å². The van der Waals surface area contributed by atoms with Gasteiger partial charge in [0.25, 0.3) is 5.56 Å². The van der Waals surface area contributed by atoms with E-state index in [2.05, 4.69) is 0 Å². The lowest BCUT2D eigenvalue weighted by molar-refractivity contribution is 0.100. The number of hydrogen-bond donors (Lipinski definition) is 1. The quantitative estimate of drug-likeness (QED) is 0.657. The van der Waals surface area contributed by atoms with Gasteiger partial charge in [-0.1, -0.05) is 18.5 Å². The van der Waals surface area contributed by atoms with E-state index in [1.807, 2.05) is 19.9 Å². The number of nitrogens with zero attached hydrogens (tertiary/aromatic N) is 2. The van der Waals surface area contributed by atoms with E-state index in [1.54, 1.807) is 19.1 Å². The SMILES string of the molecule is CCCn1c(O)c(C(=O)c2oc3cc(C)c(Cl)cc3c2C)c(C)c(C#N)c1=O. The van der Waals surface area contributed by atoms with Crippen molar-refractivity contribution < 1.29 is 14.3 Å². The number of hydrogen-bond acceptors (Lipinski definition) is 5. The Bertz CT molecular complexity index is 1230. The van der Waals surface area contributed by atoms with Crippen molar-refractivity contribution in [3.8, 4) is 11.9 Å². The number of aromatic nitrogens is 1. The summed E-state index contributed by atoms with van der Waals surface area (Å²) in [6, 6.07) is 5.32. The third-order valence-corrected chi connectivity index (χ3v) is 5.31. The van der Waals surface area contributed by atoms with Crippen molar-refractivity contribution in [2.24, 2.45) is 0 Å². The molecule has 3 rings (SSSR count). The van der Waals surface area contributed by atoms with Gasteiger partial charge in [-0.2, -0.15) is 5.26 Å². The van der Waals surface area contributed by atoms with Gasteiger partial charge in [-0.25, -0.2) is 0 Å². The molecule has 28 heavy (non-hydrogen) atoms. The molecule has 6 nitrogen and oxygen atoms in total. The molecule has 0 aliphatic carbocycles. The Kier molecular flexibility index (Phi) is 5.05. The zero-order valence-corrected chi connectivity index (χ0v) is 16.8. The van der Waals surface area contributed by atoms with E-state index >= 15 is 0 Å². The maximum Gasteiger partial charge on any atom is 0.271 e. The maximum absolute atomic E-state index is 13.3. The van der Waals surface area contributed by atoms with E-state index in [-0.39, 0.29) is 29.0 Å². The third-order valence-electron chi connectivity index (χ3n) is 4.90. The Hall–Kier alpha value is -3.04. The molecule has 7 heteroatoms. The molecule has 0 radical (unpaired) electrons. The summed E-state index contributed by atoms with van der Waals surface area (Å²) >= 11 is 6.19. The van der Waals surface area contributed by atoms with E-state index in [9.17, 15) is 20.0 Å². The van der Waals surface area contributed by atoms with E-state index in [1.165, 1.54) is 6.92 Å². The average molecular weight is 399 g/mol. The van der Waals surface area contributed by atoms with Gasteiger partial charge in [-0.05, 0) is 50.5 Å². The molecule has 144 valence electrons. The van der Waals surface area contributed by atoms with Gasteiger partial charge in [0, 0.05) is 22.5 Å². The fraction of sp³-hybridized carbons (Fsp3) is 0.286. The summed E-state index contributed by atoms with van der Waals surface area (Å²) in [7, 11) is 0. The molecule has 0 bridgehead atoms. The minimum atomic E-state index is -0.611. The monoisotopic (exact) mass is 398 g/mol. The van der Waals surface area contributed by atoms with Crippen LogP contribution in [0.2, 0.25) is 5.02 Å². The standard InChI is InChI=1S/C21H19ClN2O4/c1-5-6-24-20(26)14(9-23)11(3)17(21(24)27)18(25)19-12(4)13-8-15(22)10(2)7-16(13)28-19/h7-8,27H,5-6H2,1-4H3. The number of nitriles is 1. The molecule has 0 aliphatic heterocycles. The molecule has 2 heterocycles. The van der Waals surface area contributed by atoms with Crippen molar-refractivity contribution in [2.75, 3.05) is 0 Å². The second-order valence-electron chi connectivity index (χ2n) is 6.75. The predicted octanol–water partition coefficient (Wildman–Crippen LogP) is 4.39. The molecule has 2 aromatic heterocycles. The number of halogens is 1. The van der Waals surface area contributed by atoms with Gasteiger partial charge < -0.3 is 9.52 Å². The minimum absolute atomic E-state index is 0.0423. The molecule has 1 N–H and O–H groups in total. The summed E-state index contributed by atoms with van der Waals surface area (Å²) in [5.74, 6) is -0.998. The van der Waals surface area contributed by atoms with Crippen LogP contribution in [0.3, 0.4) is 0 Å². The smallest absolute Gasteiger partial charge is 0.271 e. The van der Waals surface area contributed by atoms with E-state index < -0.39 is 17.2 Å². The molecular weight excluding hydrogens is 380 g/mol. The van der Waals surface area contributed by atoms with Crippen LogP contribution in [0, 0.1) is 32.1 Å². The zero-order valence-electron chi connectivity index (χ0n) is 16.0. The second-order valence-corrected chi connectivity index (χ2v) is 7.16. The zero-order chi connectivity index (χ0) is 20.7. The number of carbonyl (C=O) groups excluding carboxylic acids is 1. The van der Waals surface area contributed by atoms with Crippen LogP contribution in [0.5, 0.6) is 5.88 Å². The molecule has 0 saturated heterocycles. The summed E-state index contributed by atoms with van der Waals surface area (Å²) < 4.78 is 6.83. The van der Waals surface area contributed by atoms with Gasteiger partial charge >= 0.3 is 0 Å². The van der Waals surface area contributed by atoms with Crippen molar-refractivity contribution in [3.05, 3.63) is 61.1 Å². The van der Waals surface area contributed by atoms with E-state index in [4.69, 9.17) is 16.0 Å². The Morgan fingerprint density at radius 2 is 1.96 bits per heavy atom. The van der Waals surface area contributed by atoms with Crippen LogP contribution in [0.25, 0.3) is 11.0 Å². The number of carbonyl (C=O) groups is 1. The van der Waals surface area contributed by atoms with Crippen molar-refractivity contribution in [3.63, 3.8) is 0 Å². The topological polar surface area (TPSA) is 96.2 Å². The number of aromatic hydroxyl groups is 1. The van der Waals surface area contributed by atoms with Crippen LogP contribution < -0.4 is 5.56 Å². The van der Waals surface area contributed by atoms with Crippen LogP contribution in [0.4, 0.5) is 0 Å². The molecule has 0 atom stereocenters. The van der Waals surface area contributed by atoms with E-state index in [0.717, 1.165) is 10.1 Å². The van der Waals surface area contributed by atoms with Crippen molar-refractivity contribution >= 4 is 28.4 Å². The lowest BCUT2D eigenvalue weighted by atomic mass is 9.98. The lowest BCUT2D eigenvalue weighted by Gasteiger charge is -2.14. The van der Waals surface area contributed by atoms with Gasteiger partial charge in [-0.3, -0.25) is 14.2 Å². The summed E-state index contributed by atoms with van der Waals surface area (Å²) in [5, 5.41) is 21.3. The Morgan fingerprint density at radius 1 is 1.29 bits per heavy atom. The van der Waals surface area contributed by atoms with Crippen LogP contribution in [0.15, 0.2) is 21.3 Å². The summed E-state index contributed by atoms with van der Waals surface area (Å²) in [5.41, 5.74) is 1.15. The van der Waals surface area contributed by atoms with Gasteiger partial charge in [0.15, 0.2) is 5.76 Å². The molecule has 0 saturated carbocycles. The summed E-state index contributed by atoms with van der Waals surface area (Å²) in [6.07, 6.45) is 0.552. The average Bonchev–Trinajstić information content (AvgIpc) is 2.95. The molecular formula is C21H19ClN2O4. The minimum Gasteiger partial charge on any atom is -0.494 e. The normalized spacial score (nSPS) is 11.0. The number of ketones is 1. The fourth-order valence-corrected chi connectivity index (χ4v) is 3.49. The Balaban J connectivity index is 2.30. The van der Waals surface area contributed by atoms with Crippen LogP contribution >= 0.6 is 11.6 Å². The molecule has 3 aromatic rings. The molecule has 0 amide bonds. The molecule has 0 spiro atoms. The van der Waals surface area contributed by atoms with Crippen LogP contribution in [-0.4, -0.2) is 15.5 Å². The van der Waals surface area contributed by atoms with Crippen molar-refractivity contribution in [1.82, 2.24) is 4.57 Å². The summed E-state index contributed by atoms with van der Waals surface area (Å²) in [4.78, 5) is 25.7. The molecule has 0 aliphatic rings. The third kappa shape index (κ3) is 2.88. The number of rotatable bonds is 4. The van der Waals surface area contributed by atoms with Crippen molar-refractivity contribution in [2.45, 2.75) is 40.7 Å². The first-order valence-electron chi connectivity index (χ1n) is 8.83. The first-order valence-corrected chi connectivity index (χ1v) is 9.21. The highest BCUT2D eigenvalue weighted by molar-refractivity contribution is 6.32. The first-order chi connectivity index (χ1) is 13.2. The molecule has 0 fully saturated rings. The van der Waals surface area contributed by atoms with Crippen LogP contribution in [-0.2, 0) is 6.54 Å². The summed E-state index contributed by atoms with van der Waals surface area (Å²) in [6.45, 7) is 7.05. The fourth-order valence-electron chi connectivity index (χ4n) is 3.33. The highest BCUT2D eigenvalue weighted by atomic mass is 35.5. The van der Waals surface area contributed by atoms with E-state index in [0.29, 0.717) is 28.0 Å². The largest absolute Gasteiger partial charge is 0.494 e. The first kappa shape index (κ1) is 19.7. The van der Waals surface area contributed by atoms with Gasteiger partial charge in [0.2, 0.25) is 11.7 Å². The molecule has 1 aromatic carbocycles. The Labute approximate surface area is 166 Å². The highest BCUT2D eigenvalue weighted by Gasteiger charge is 2.28. The van der Waals surface area contributed by atoms with Gasteiger partial charge in [0.05, 0.1) is 5.56 Å². The number of fused-ring (bicyclic) bond motifs is 1. The highest BCUT2D eigenvalue weighted by Crippen LogP contribution is 2.33. The number of furan rings is 1. The number of aryl methyl sites for hydroxylation is 2.